The van der Waals surface area contributed by atoms with Crippen LogP contribution in [-0.2, 0) is 0 Å². The fourth-order valence-corrected chi connectivity index (χ4v) is 2.42. The van der Waals surface area contributed by atoms with Gasteiger partial charge in [-0.2, -0.15) is 0 Å². The van der Waals surface area contributed by atoms with Crippen LogP contribution in [0.4, 0.5) is 0 Å². The Bertz CT molecular complexity index is 399. The Hall–Kier alpha value is -1.49. The maximum absolute atomic E-state index is 11.8. The van der Waals surface area contributed by atoms with Crippen molar-refractivity contribution in [1.82, 2.24) is 20.2 Å². The predicted octanol–water partition coefficient (Wildman–Crippen LogP) is 1.33. The van der Waals surface area contributed by atoms with Crippen molar-refractivity contribution in [1.29, 1.82) is 0 Å². The molecule has 0 atom stereocenters. The summed E-state index contributed by atoms with van der Waals surface area (Å²) in [4.78, 5) is 22.2. The summed E-state index contributed by atoms with van der Waals surface area (Å²) >= 11 is 0. The Kier molecular flexibility index (Phi) is 4.85. The topological polar surface area (TPSA) is 58.1 Å². The minimum absolute atomic E-state index is 0.126. The number of nitrogens with zero attached hydrogens (tertiary/aromatic N) is 3. The van der Waals surface area contributed by atoms with Gasteiger partial charge in [0.25, 0.3) is 5.91 Å². The Balaban J connectivity index is 1.74. The van der Waals surface area contributed by atoms with Gasteiger partial charge in [0.1, 0.15) is 5.69 Å². The highest BCUT2D eigenvalue weighted by molar-refractivity contribution is 5.91. The van der Waals surface area contributed by atoms with Crippen LogP contribution in [0.2, 0.25) is 0 Å². The van der Waals surface area contributed by atoms with E-state index in [1.54, 1.807) is 6.20 Å². The third-order valence-corrected chi connectivity index (χ3v) is 3.73. The molecule has 2 rings (SSSR count). The molecule has 5 heteroatoms. The van der Waals surface area contributed by atoms with E-state index in [9.17, 15) is 4.79 Å². The maximum Gasteiger partial charge on any atom is 0.271 e. The number of carbonyl (C=O) groups is 1. The van der Waals surface area contributed by atoms with Gasteiger partial charge in [-0.05, 0) is 45.7 Å². The second kappa shape index (κ2) is 6.61. The third-order valence-electron chi connectivity index (χ3n) is 3.73. The highest BCUT2D eigenvalue weighted by atomic mass is 16.1. The molecule has 2 heterocycles. The standard InChI is InChI=1S/C14H22N4O/c1-11(2)18-7-3-12(4-8-18)9-17-14(19)13-10-15-5-6-16-13/h5-6,10-12H,3-4,7-9H2,1-2H3,(H,17,19). The summed E-state index contributed by atoms with van der Waals surface area (Å²) in [5.41, 5.74) is 0.391. The number of hydrogen-bond acceptors (Lipinski definition) is 4. The molecule has 1 aromatic rings. The molecule has 0 aromatic carbocycles. The van der Waals surface area contributed by atoms with E-state index in [0.717, 1.165) is 32.5 Å². The average Bonchev–Trinajstić information content (AvgIpc) is 2.46. The van der Waals surface area contributed by atoms with Gasteiger partial charge in [-0.3, -0.25) is 9.78 Å². The van der Waals surface area contributed by atoms with Gasteiger partial charge in [-0.25, -0.2) is 4.98 Å². The first-order valence-electron chi connectivity index (χ1n) is 6.95. The minimum Gasteiger partial charge on any atom is -0.350 e. The molecule has 1 aromatic heterocycles. The molecule has 0 bridgehead atoms. The first-order chi connectivity index (χ1) is 9.16. The number of carbonyl (C=O) groups excluding carboxylic acids is 1. The van der Waals surface area contributed by atoms with Crippen LogP contribution >= 0.6 is 0 Å². The Morgan fingerprint density at radius 1 is 1.42 bits per heavy atom. The lowest BCUT2D eigenvalue weighted by Gasteiger charge is -2.34. The van der Waals surface area contributed by atoms with Crippen LogP contribution in [0.25, 0.3) is 0 Å². The van der Waals surface area contributed by atoms with Crippen molar-refractivity contribution in [3.8, 4) is 0 Å². The van der Waals surface area contributed by atoms with Crippen LogP contribution in [0.15, 0.2) is 18.6 Å². The van der Waals surface area contributed by atoms with Crippen molar-refractivity contribution in [3.05, 3.63) is 24.3 Å². The van der Waals surface area contributed by atoms with Crippen LogP contribution in [-0.4, -0.2) is 46.5 Å². The lowest BCUT2D eigenvalue weighted by atomic mass is 9.96. The van der Waals surface area contributed by atoms with Gasteiger partial charge in [-0.1, -0.05) is 0 Å². The number of hydrogen-bond donors (Lipinski definition) is 1. The number of piperidine rings is 1. The summed E-state index contributed by atoms with van der Waals surface area (Å²) in [6.07, 6.45) is 6.91. The van der Waals surface area contributed by atoms with Crippen LogP contribution in [0.5, 0.6) is 0 Å². The van der Waals surface area contributed by atoms with Crippen molar-refractivity contribution in [2.24, 2.45) is 5.92 Å². The van der Waals surface area contributed by atoms with Crippen molar-refractivity contribution >= 4 is 5.91 Å². The van der Waals surface area contributed by atoms with E-state index in [0.29, 0.717) is 17.7 Å². The van der Waals surface area contributed by atoms with E-state index >= 15 is 0 Å². The Labute approximate surface area is 114 Å². The molecule has 1 fully saturated rings. The number of aromatic nitrogens is 2. The van der Waals surface area contributed by atoms with Crippen molar-refractivity contribution in [2.45, 2.75) is 32.7 Å². The van der Waals surface area contributed by atoms with Gasteiger partial charge in [0.05, 0.1) is 6.20 Å². The molecule has 0 aliphatic carbocycles. The molecule has 0 spiro atoms. The molecule has 1 aliphatic heterocycles. The van der Waals surface area contributed by atoms with Crippen molar-refractivity contribution in [3.63, 3.8) is 0 Å². The minimum atomic E-state index is -0.126. The smallest absolute Gasteiger partial charge is 0.271 e. The van der Waals surface area contributed by atoms with Crippen molar-refractivity contribution in [2.75, 3.05) is 19.6 Å². The zero-order valence-corrected chi connectivity index (χ0v) is 11.7. The van der Waals surface area contributed by atoms with Crippen LogP contribution in [0.1, 0.15) is 37.2 Å². The molecule has 1 aliphatic rings. The van der Waals surface area contributed by atoms with Gasteiger partial charge >= 0.3 is 0 Å². The maximum atomic E-state index is 11.8. The molecule has 1 N–H and O–H groups in total. The summed E-state index contributed by atoms with van der Waals surface area (Å²) in [7, 11) is 0. The van der Waals surface area contributed by atoms with E-state index in [4.69, 9.17) is 0 Å². The van der Waals surface area contributed by atoms with Crippen LogP contribution in [0.3, 0.4) is 0 Å². The van der Waals surface area contributed by atoms with E-state index in [-0.39, 0.29) is 5.91 Å². The molecule has 0 unspecified atom stereocenters. The summed E-state index contributed by atoms with van der Waals surface area (Å²) < 4.78 is 0. The van der Waals surface area contributed by atoms with Crippen LogP contribution in [0, 0.1) is 5.92 Å². The third kappa shape index (κ3) is 3.99. The quantitative estimate of drug-likeness (QED) is 0.889. The number of rotatable bonds is 4. The predicted molar refractivity (Wildman–Crippen MR) is 73.8 cm³/mol. The SMILES string of the molecule is CC(C)N1CCC(CNC(=O)c2cnccn2)CC1. The average molecular weight is 262 g/mol. The van der Waals surface area contributed by atoms with Gasteiger partial charge in [0.15, 0.2) is 0 Å². The van der Waals surface area contributed by atoms with E-state index < -0.39 is 0 Å². The Morgan fingerprint density at radius 3 is 2.74 bits per heavy atom. The number of likely N-dealkylation sites (tertiary alicyclic amines) is 1. The van der Waals surface area contributed by atoms with Gasteiger partial charge in [-0.15, -0.1) is 0 Å². The molecular weight excluding hydrogens is 240 g/mol. The number of nitrogens with one attached hydrogen (secondary N) is 1. The monoisotopic (exact) mass is 262 g/mol. The fraction of sp³-hybridized carbons (Fsp3) is 0.643. The fourth-order valence-electron chi connectivity index (χ4n) is 2.42. The first kappa shape index (κ1) is 13.9. The highest BCUT2D eigenvalue weighted by Crippen LogP contribution is 2.18. The molecule has 1 amide bonds. The normalized spacial score (nSPS) is 17.6. The zero-order valence-electron chi connectivity index (χ0n) is 11.7. The summed E-state index contributed by atoms with van der Waals surface area (Å²) in [6.45, 7) is 7.46. The second-order valence-electron chi connectivity index (χ2n) is 5.37. The lowest BCUT2D eigenvalue weighted by Crippen LogP contribution is -2.41. The van der Waals surface area contributed by atoms with Gasteiger partial charge < -0.3 is 10.2 Å². The summed E-state index contributed by atoms with van der Waals surface area (Å²) in [5.74, 6) is 0.454. The summed E-state index contributed by atoms with van der Waals surface area (Å²) in [6, 6.07) is 0.620. The highest BCUT2D eigenvalue weighted by Gasteiger charge is 2.21. The van der Waals surface area contributed by atoms with Gasteiger partial charge in [0.2, 0.25) is 0 Å². The molecule has 1 saturated heterocycles. The molecule has 5 nitrogen and oxygen atoms in total. The molecule has 0 saturated carbocycles. The van der Waals surface area contributed by atoms with E-state index in [1.807, 2.05) is 0 Å². The molecule has 19 heavy (non-hydrogen) atoms. The van der Waals surface area contributed by atoms with Crippen LogP contribution < -0.4 is 5.32 Å². The molecule has 0 radical (unpaired) electrons. The lowest BCUT2D eigenvalue weighted by molar-refractivity contribution is 0.0924. The number of amides is 1. The second-order valence-corrected chi connectivity index (χ2v) is 5.37. The first-order valence-corrected chi connectivity index (χ1v) is 6.95. The Morgan fingerprint density at radius 2 is 2.16 bits per heavy atom. The zero-order chi connectivity index (χ0) is 13.7. The molecular formula is C14H22N4O. The van der Waals surface area contributed by atoms with E-state index in [1.165, 1.54) is 12.4 Å². The molecule has 104 valence electrons. The van der Waals surface area contributed by atoms with E-state index in [2.05, 4.69) is 34.0 Å². The largest absolute Gasteiger partial charge is 0.350 e. The van der Waals surface area contributed by atoms with Gasteiger partial charge in [0, 0.05) is 25.0 Å². The summed E-state index contributed by atoms with van der Waals surface area (Å²) in [5, 5.41) is 2.95. The van der Waals surface area contributed by atoms with Crippen molar-refractivity contribution < 1.29 is 4.79 Å².